The number of anilines is 1. The van der Waals surface area contributed by atoms with E-state index in [0.717, 1.165) is 37.7 Å². The van der Waals surface area contributed by atoms with E-state index < -0.39 is 0 Å². The third-order valence-electron chi connectivity index (χ3n) is 2.80. The highest BCUT2D eigenvalue weighted by Gasteiger charge is 2.08. The van der Waals surface area contributed by atoms with Crippen LogP contribution in [0.3, 0.4) is 0 Å². The molecule has 0 aliphatic carbocycles. The summed E-state index contributed by atoms with van der Waals surface area (Å²) in [6, 6.07) is 6.11. The maximum absolute atomic E-state index is 5.15. The molecular weight excluding hydrogens is 242 g/mol. The molecule has 0 saturated carbocycles. The van der Waals surface area contributed by atoms with Gasteiger partial charge >= 0.3 is 0 Å². The molecule has 1 N–H and O–H groups in total. The fourth-order valence-corrected chi connectivity index (χ4v) is 1.74. The molecule has 0 fully saturated rings. The Bertz CT molecular complexity index is 339. The van der Waals surface area contributed by atoms with E-state index in [1.54, 1.807) is 14.2 Å². The number of aromatic nitrogens is 1. The van der Waals surface area contributed by atoms with E-state index in [0.29, 0.717) is 13.2 Å². The van der Waals surface area contributed by atoms with Crippen molar-refractivity contribution in [3.05, 3.63) is 23.9 Å². The molecule has 0 aromatic carbocycles. The molecule has 0 bridgehead atoms. The lowest BCUT2D eigenvalue weighted by Gasteiger charge is -2.23. The van der Waals surface area contributed by atoms with Crippen LogP contribution in [0.5, 0.6) is 0 Å². The number of hydrogen-bond acceptors (Lipinski definition) is 5. The Balaban J connectivity index is 2.69. The Hall–Kier alpha value is -1.17. The number of methoxy groups -OCH3 is 2. The van der Waals surface area contributed by atoms with Crippen LogP contribution < -0.4 is 10.2 Å². The van der Waals surface area contributed by atoms with Gasteiger partial charge in [-0.25, -0.2) is 4.98 Å². The lowest BCUT2D eigenvalue weighted by molar-refractivity contribution is 0.190. The maximum Gasteiger partial charge on any atom is 0.129 e. The van der Waals surface area contributed by atoms with Gasteiger partial charge in [-0.1, -0.05) is 13.0 Å². The van der Waals surface area contributed by atoms with E-state index in [1.807, 2.05) is 18.2 Å². The molecular formula is C14H25N3O2. The summed E-state index contributed by atoms with van der Waals surface area (Å²) in [6.45, 7) is 6.84. The lowest BCUT2D eigenvalue weighted by Crippen LogP contribution is -2.31. The quantitative estimate of drug-likeness (QED) is 0.692. The maximum atomic E-state index is 5.15. The molecule has 1 aromatic heterocycles. The molecule has 0 amide bonds. The van der Waals surface area contributed by atoms with Crippen LogP contribution in [0.15, 0.2) is 18.2 Å². The summed E-state index contributed by atoms with van der Waals surface area (Å²) in [5, 5.41) is 3.29. The third-order valence-corrected chi connectivity index (χ3v) is 2.80. The average Bonchev–Trinajstić information content (AvgIpc) is 2.45. The van der Waals surface area contributed by atoms with Gasteiger partial charge in [-0.15, -0.1) is 0 Å². The van der Waals surface area contributed by atoms with Gasteiger partial charge in [0.1, 0.15) is 5.82 Å². The summed E-state index contributed by atoms with van der Waals surface area (Å²) < 4.78 is 10.3. The van der Waals surface area contributed by atoms with E-state index in [9.17, 15) is 0 Å². The first-order valence-corrected chi connectivity index (χ1v) is 6.71. The van der Waals surface area contributed by atoms with Gasteiger partial charge in [0.15, 0.2) is 0 Å². The Morgan fingerprint density at radius 2 is 1.84 bits per heavy atom. The Kier molecular flexibility index (Phi) is 8.13. The minimum atomic E-state index is 0.683. The molecule has 0 unspecified atom stereocenters. The number of pyridine rings is 1. The predicted octanol–water partition coefficient (Wildman–Crippen LogP) is 1.29. The van der Waals surface area contributed by atoms with Gasteiger partial charge in [0, 0.05) is 33.9 Å². The third kappa shape index (κ3) is 6.00. The van der Waals surface area contributed by atoms with Crippen LogP contribution >= 0.6 is 0 Å². The van der Waals surface area contributed by atoms with Crippen molar-refractivity contribution < 1.29 is 9.47 Å². The summed E-state index contributed by atoms with van der Waals surface area (Å²) in [5.74, 6) is 0.976. The highest BCUT2D eigenvalue weighted by molar-refractivity contribution is 5.39. The van der Waals surface area contributed by atoms with Crippen LogP contribution in [-0.2, 0) is 16.0 Å². The SMILES string of the molecule is CCNCc1cccc(N(CCOC)CCOC)n1. The number of hydrogen-bond donors (Lipinski definition) is 1. The Morgan fingerprint density at radius 1 is 1.16 bits per heavy atom. The molecule has 0 aliphatic rings. The van der Waals surface area contributed by atoms with Crippen molar-refractivity contribution >= 4 is 5.82 Å². The van der Waals surface area contributed by atoms with Crippen LogP contribution in [0, 0.1) is 0 Å². The number of rotatable bonds is 10. The molecule has 5 nitrogen and oxygen atoms in total. The van der Waals surface area contributed by atoms with E-state index in [4.69, 9.17) is 9.47 Å². The summed E-state index contributed by atoms with van der Waals surface area (Å²) >= 11 is 0. The largest absolute Gasteiger partial charge is 0.383 e. The normalized spacial score (nSPS) is 10.7. The minimum Gasteiger partial charge on any atom is -0.383 e. The molecule has 1 aromatic rings. The summed E-state index contributed by atoms with van der Waals surface area (Å²) in [7, 11) is 3.42. The van der Waals surface area contributed by atoms with Gasteiger partial charge < -0.3 is 19.7 Å². The molecule has 0 saturated heterocycles. The van der Waals surface area contributed by atoms with Gasteiger partial charge in [0.05, 0.1) is 18.9 Å². The highest BCUT2D eigenvalue weighted by Crippen LogP contribution is 2.11. The van der Waals surface area contributed by atoms with Crippen molar-refractivity contribution in [2.75, 3.05) is 52.0 Å². The fraction of sp³-hybridized carbons (Fsp3) is 0.643. The zero-order chi connectivity index (χ0) is 13.9. The lowest BCUT2D eigenvalue weighted by atomic mass is 10.3. The van der Waals surface area contributed by atoms with Crippen LogP contribution in [0.2, 0.25) is 0 Å². The molecule has 0 radical (unpaired) electrons. The van der Waals surface area contributed by atoms with Crippen molar-refractivity contribution in [3.8, 4) is 0 Å². The van der Waals surface area contributed by atoms with Gasteiger partial charge in [0.2, 0.25) is 0 Å². The van der Waals surface area contributed by atoms with Gasteiger partial charge in [0.25, 0.3) is 0 Å². The van der Waals surface area contributed by atoms with Crippen LogP contribution in [0.1, 0.15) is 12.6 Å². The standard InChI is InChI=1S/C14H25N3O2/c1-4-15-12-13-6-5-7-14(16-13)17(8-10-18-2)9-11-19-3/h5-7,15H,4,8-12H2,1-3H3. The second-order valence-electron chi connectivity index (χ2n) is 4.24. The molecule has 5 heteroatoms. The highest BCUT2D eigenvalue weighted by atomic mass is 16.5. The second-order valence-corrected chi connectivity index (χ2v) is 4.24. The number of nitrogens with zero attached hydrogens (tertiary/aromatic N) is 2. The fourth-order valence-electron chi connectivity index (χ4n) is 1.74. The number of nitrogens with one attached hydrogen (secondary N) is 1. The molecule has 19 heavy (non-hydrogen) atoms. The van der Waals surface area contributed by atoms with Crippen molar-refractivity contribution in [1.82, 2.24) is 10.3 Å². The van der Waals surface area contributed by atoms with Crippen LogP contribution in [-0.4, -0.2) is 52.1 Å². The van der Waals surface area contributed by atoms with Crippen LogP contribution in [0.4, 0.5) is 5.82 Å². The first-order valence-electron chi connectivity index (χ1n) is 6.71. The van der Waals surface area contributed by atoms with Crippen molar-refractivity contribution in [2.45, 2.75) is 13.5 Å². The zero-order valence-electron chi connectivity index (χ0n) is 12.2. The summed E-state index contributed by atoms with van der Waals surface area (Å²) in [6.07, 6.45) is 0. The van der Waals surface area contributed by atoms with E-state index in [-0.39, 0.29) is 0 Å². The minimum absolute atomic E-state index is 0.683. The molecule has 0 aliphatic heterocycles. The van der Waals surface area contributed by atoms with Crippen LogP contribution in [0.25, 0.3) is 0 Å². The zero-order valence-corrected chi connectivity index (χ0v) is 12.2. The van der Waals surface area contributed by atoms with E-state index in [2.05, 4.69) is 22.1 Å². The Morgan fingerprint density at radius 3 is 2.42 bits per heavy atom. The Labute approximate surface area is 115 Å². The molecule has 1 rings (SSSR count). The van der Waals surface area contributed by atoms with E-state index in [1.165, 1.54) is 0 Å². The molecule has 1 heterocycles. The topological polar surface area (TPSA) is 46.6 Å². The monoisotopic (exact) mass is 267 g/mol. The van der Waals surface area contributed by atoms with Gasteiger partial charge in [-0.05, 0) is 18.7 Å². The van der Waals surface area contributed by atoms with E-state index >= 15 is 0 Å². The summed E-state index contributed by atoms with van der Waals surface area (Å²) in [5.41, 5.74) is 1.05. The smallest absolute Gasteiger partial charge is 0.129 e. The predicted molar refractivity (Wildman–Crippen MR) is 77.6 cm³/mol. The first-order chi connectivity index (χ1) is 9.31. The average molecular weight is 267 g/mol. The first kappa shape index (κ1) is 15.9. The van der Waals surface area contributed by atoms with Gasteiger partial charge in [-0.3, -0.25) is 0 Å². The molecule has 0 spiro atoms. The van der Waals surface area contributed by atoms with Crippen molar-refractivity contribution in [1.29, 1.82) is 0 Å². The van der Waals surface area contributed by atoms with Crippen molar-refractivity contribution in [2.24, 2.45) is 0 Å². The molecule has 0 atom stereocenters. The molecule has 108 valence electrons. The second kappa shape index (κ2) is 9.72. The van der Waals surface area contributed by atoms with Gasteiger partial charge in [-0.2, -0.15) is 0 Å². The number of ether oxygens (including phenoxy) is 2. The summed E-state index contributed by atoms with van der Waals surface area (Å²) in [4.78, 5) is 6.85. The van der Waals surface area contributed by atoms with Crippen molar-refractivity contribution in [3.63, 3.8) is 0 Å².